The molecule has 0 spiro atoms. The monoisotopic (exact) mass is 238 g/mol. The maximum Gasteiger partial charge on any atom is 0.308 e. The first-order valence-corrected chi connectivity index (χ1v) is 5.52. The van der Waals surface area contributed by atoms with Crippen LogP contribution in [0.5, 0.6) is 0 Å². The van der Waals surface area contributed by atoms with Gasteiger partial charge in [0.25, 0.3) is 5.91 Å². The molecule has 1 saturated heterocycles. The zero-order valence-corrected chi connectivity index (χ0v) is 9.55. The fraction of sp³-hybridized carbons (Fsp3) is 0.545. The minimum Gasteiger partial charge on any atom is -0.481 e. The number of carboxylic acid groups (broad SMARTS) is 1. The topological polar surface area (TPSA) is 83.6 Å². The van der Waals surface area contributed by atoms with Gasteiger partial charge in [-0.15, -0.1) is 0 Å². The molecule has 1 aromatic heterocycles. The van der Waals surface area contributed by atoms with E-state index in [1.165, 1.54) is 11.2 Å². The third kappa shape index (κ3) is 2.46. The molecule has 2 heterocycles. The van der Waals surface area contributed by atoms with Crippen molar-refractivity contribution in [3.05, 3.63) is 17.8 Å². The van der Waals surface area contributed by atoms with Gasteiger partial charge >= 0.3 is 5.97 Å². The van der Waals surface area contributed by atoms with Crippen LogP contribution in [0.3, 0.4) is 0 Å². The number of piperidine rings is 1. The van der Waals surface area contributed by atoms with Gasteiger partial charge in [-0.1, -0.05) is 0 Å². The average molecular weight is 238 g/mol. The highest BCUT2D eigenvalue weighted by atomic mass is 16.4. The predicted molar refractivity (Wildman–Crippen MR) is 57.5 cm³/mol. The van der Waals surface area contributed by atoms with Crippen LogP contribution >= 0.6 is 0 Å². The van der Waals surface area contributed by atoms with Crippen molar-refractivity contribution < 1.29 is 19.1 Å². The summed E-state index contributed by atoms with van der Waals surface area (Å²) in [5, 5.41) is 8.94. The first kappa shape index (κ1) is 11.6. The number of hydrogen-bond acceptors (Lipinski definition) is 4. The van der Waals surface area contributed by atoms with Gasteiger partial charge in [-0.2, -0.15) is 0 Å². The van der Waals surface area contributed by atoms with Gasteiger partial charge in [-0.05, 0) is 12.8 Å². The quantitative estimate of drug-likeness (QED) is 0.828. The third-order valence-electron chi connectivity index (χ3n) is 2.90. The summed E-state index contributed by atoms with van der Waals surface area (Å²) in [7, 11) is 0. The summed E-state index contributed by atoms with van der Waals surface area (Å²) in [5.41, 5.74) is 0.244. The highest BCUT2D eigenvalue weighted by Gasteiger charge is 2.29. The van der Waals surface area contributed by atoms with Gasteiger partial charge in [-0.25, -0.2) is 4.98 Å². The zero-order valence-electron chi connectivity index (χ0n) is 9.55. The zero-order chi connectivity index (χ0) is 12.4. The summed E-state index contributed by atoms with van der Waals surface area (Å²) in [6.07, 6.45) is 2.64. The summed E-state index contributed by atoms with van der Waals surface area (Å²) in [4.78, 5) is 28.4. The van der Waals surface area contributed by atoms with Crippen molar-refractivity contribution in [2.75, 3.05) is 13.1 Å². The van der Waals surface area contributed by atoms with Crippen molar-refractivity contribution in [3.8, 4) is 0 Å². The number of hydrogen-bond donors (Lipinski definition) is 1. The second kappa shape index (κ2) is 4.57. The number of rotatable bonds is 2. The number of carbonyl (C=O) groups excluding carboxylic acids is 1. The van der Waals surface area contributed by atoms with E-state index in [2.05, 4.69) is 4.98 Å². The molecule has 1 aliphatic heterocycles. The number of carbonyl (C=O) groups is 2. The largest absolute Gasteiger partial charge is 0.481 e. The van der Waals surface area contributed by atoms with Crippen molar-refractivity contribution in [3.63, 3.8) is 0 Å². The Labute approximate surface area is 98.2 Å². The Morgan fingerprint density at radius 3 is 2.94 bits per heavy atom. The van der Waals surface area contributed by atoms with Crippen LogP contribution in [-0.2, 0) is 4.79 Å². The molecule has 0 saturated carbocycles. The Kier molecular flexibility index (Phi) is 3.12. The Balaban J connectivity index is 2.07. The van der Waals surface area contributed by atoms with E-state index in [0.29, 0.717) is 25.3 Å². The minimum absolute atomic E-state index is 0.244. The van der Waals surface area contributed by atoms with Crippen LogP contribution in [-0.4, -0.2) is 40.0 Å². The normalized spacial score (nSPS) is 20.3. The molecule has 6 nitrogen and oxygen atoms in total. The summed E-state index contributed by atoms with van der Waals surface area (Å²) in [5.74, 6) is -1.15. The van der Waals surface area contributed by atoms with Gasteiger partial charge in [0.15, 0.2) is 11.6 Å². The van der Waals surface area contributed by atoms with E-state index in [9.17, 15) is 9.59 Å². The lowest BCUT2D eigenvalue weighted by Gasteiger charge is -2.29. The van der Waals surface area contributed by atoms with Gasteiger partial charge in [0, 0.05) is 20.0 Å². The van der Waals surface area contributed by atoms with E-state index in [4.69, 9.17) is 9.52 Å². The van der Waals surface area contributed by atoms with Crippen LogP contribution in [0.2, 0.25) is 0 Å². The Morgan fingerprint density at radius 1 is 1.59 bits per heavy atom. The van der Waals surface area contributed by atoms with E-state index < -0.39 is 11.9 Å². The highest BCUT2D eigenvalue weighted by Crippen LogP contribution is 2.18. The average Bonchev–Trinajstić information content (AvgIpc) is 2.75. The molecule has 17 heavy (non-hydrogen) atoms. The number of aryl methyl sites for hydroxylation is 1. The fourth-order valence-corrected chi connectivity index (χ4v) is 1.99. The number of nitrogens with zero attached hydrogens (tertiary/aromatic N) is 2. The first-order valence-electron chi connectivity index (χ1n) is 5.52. The molecule has 1 aliphatic rings. The number of aromatic nitrogens is 1. The maximum absolute atomic E-state index is 12.0. The van der Waals surface area contributed by atoms with E-state index in [0.717, 1.165) is 0 Å². The maximum atomic E-state index is 12.0. The standard InChI is InChI=1S/C11H14N2O4/c1-7-12-9(6-17-7)10(14)13-4-2-3-8(5-13)11(15)16/h6,8H,2-5H2,1H3,(H,15,16)/t8-/m0/s1. The van der Waals surface area contributed by atoms with E-state index in [1.54, 1.807) is 6.92 Å². The lowest BCUT2D eigenvalue weighted by atomic mass is 9.98. The first-order chi connectivity index (χ1) is 8.08. The smallest absolute Gasteiger partial charge is 0.308 e. The van der Waals surface area contributed by atoms with Crippen molar-refractivity contribution in [1.29, 1.82) is 0 Å². The van der Waals surface area contributed by atoms with Gasteiger partial charge < -0.3 is 14.4 Å². The highest BCUT2D eigenvalue weighted by molar-refractivity contribution is 5.92. The van der Waals surface area contributed by atoms with E-state index in [-0.39, 0.29) is 18.1 Å². The van der Waals surface area contributed by atoms with Gasteiger partial charge in [0.1, 0.15) is 6.26 Å². The minimum atomic E-state index is -0.848. The Morgan fingerprint density at radius 2 is 2.35 bits per heavy atom. The van der Waals surface area contributed by atoms with Crippen molar-refractivity contribution in [2.45, 2.75) is 19.8 Å². The molecule has 0 radical (unpaired) electrons. The van der Waals surface area contributed by atoms with Gasteiger partial charge in [-0.3, -0.25) is 9.59 Å². The lowest BCUT2D eigenvalue weighted by molar-refractivity contribution is -0.143. The molecule has 6 heteroatoms. The van der Waals surface area contributed by atoms with E-state index >= 15 is 0 Å². The molecule has 1 N–H and O–H groups in total. The van der Waals surface area contributed by atoms with Gasteiger partial charge in [0.2, 0.25) is 0 Å². The van der Waals surface area contributed by atoms with Gasteiger partial charge in [0.05, 0.1) is 5.92 Å². The molecule has 1 fully saturated rings. The molecule has 0 aliphatic carbocycles. The summed E-state index contributed by atoms with van der Waals surface area (Å²) in [6, 6.07) is 0. The lowest BCUT2D eigenvalue weighted by Crippen LogP contribution is -2.42. The van der Waals surface area contributed by atoms with Crippen LogP contribution in [0.4, 0.5) is 0 Å². The van der Waals surface area contributed by atoms with Crippen molar-refractivity contribution in [2.24, 2.45) is 5.92 Å². The third-order valence-corrected chi connectivity index (χ3v) is 2.90. The number of carboxylic acids is 1. The molecule has 2 rings (SSSR count). The molecule has 1 atom stereocenters. The Hall–Kier alpha value is -1.85. The number of amides is 1. The number of likely N-dealkylation sites (tertiary alicyclic amines) is 1. The fourth-order valence-electron chi connectivity index (χ4n) is 1.99. The van der Waals surface area contributed by atoms with Crippen molar-refractivity contribution >= 4 is 11.9 Å². The van der Waals surface area contributed by atoms with Crippen LogP contribution < -0.4 is 0 Å². The summed E-state index contributed by atoms with van der Waals surface area (Å²) in [6.45, 7) is 2.49. The molecular formula is C11H14N2O4. The Bertz CT molecular complexity index is 440. The second-order valence-corrected chi connectivity index (χ2v) is 4.18. The summed E-state index contributed by atoms with van der Waals surface area (Å²) >= 11 is 0. The summed E-state index contributed by atoms with van der Waals surface area (Å²) < 4.78 is 4.98. The second-order valence-electron chi connectivity index (χ2n) is 4.18. The van der Waals surface area contributed by atoms with Crippen LogP contribution in [0.1, 0.15) is 29.2 Å². The molecular weight excluding hydrogens is 224 g/mol. The molecule has 0 aromatic carbocycles. The predicted octanol–water partition coefficient (Wildman–Crippen LogP) is 0.920. The van der Waals surface area contributed by atoms with Crippen LogP contribution in [0.25, 0.3) is 0 Å². The SMILES string of the molecule is Cc1nc(C(=O)N2CCC[C@H](C(=O)O)C2)co1. The van der Waals surface area contributed by atoms with Crippen molar-refractivity contribution in [1.82, 2.24) is 9.88 Å². The van der Waals surface area contributed by atoms with Crippen LogP contribution in [0, 0.1) is 12.8 Å². The molecule has 1 amide bonds. The van der Waals surface area contributed by atoms with E-state index in [1.807, 2.05) is 0 Å². The molecule has 0 unspecified atom stereocenters. The molecule has 0 bridgehead atoms. The number of aliphatic carboxylic acids is 1. The number of oxazole rings is 1. The molecule has 92 valence electrons. The molecule has 1 aromatic rings. The van der Waals surface area contributed by atoms with Crippen LogP contribution in [0.15, 0.2) is 10.7 Å².